The van der Waals surface area contributed by atoms with Crippen LogP contribution < -0.4 is 4.74 Å². The van der Waals surface area contributed by atoms with Crippen molar-refractivity contribution in [2.75, 3.05) is 13.1 Å². The van der Waals surface area contributed by atoms with Gasteiger partial charge < -0.3 is 14.2 Å². The number of hydrogen-bond donors (Lipinski definition) is 0. The Kier molecular flexibility index (Phi) is 6.57. The first kappa shape index (κ1) is 22.8. The summed E-state index contributed by atoms with van der Waals surface area (Å²) in [6.45, 7) is 3.96. The molecule has 0 spiro atoms. The van der Waals surface area contributed by atoms with Crippen LogP contribution in [0.1, 0.15) is 46.2 Å². The molecule has 1 unspecified atom stereocenters. The van der Waals surface area contributed by atoms with Crippen LogP contribution in [0, 0.1) is 12.7 Å². The van der Waals surface area contributed by atoms with Gasteiger partial charge in [0.1, 0.15) is 17.4 Å². The summed E-state index contributed by atoms with van der Waals surface area (Å²) in [7, 11) is 0. The lowest BCUT2D eigenvalue weighted by molar-refractivity contribution is 0.0705. The van der Waals surface area contributed by atoms with Crippen molar-refractivity contribution in [1.29, 1.82) is 0 Å². The van der Waals surface area contributed by atoms with Crippen molar-refractivity contribution < 1.29 is 13.9 Å². The molecule has 178 valence electrons. The predicted octanol–water partition coefficient (Wildman–Crippen LogP) is 5.59. The average molecular weight is 471 g/mol. The number of imidazole rings is 1. The van der Waals surface area contributed by atoms with Gasteiger partial charge in [-0.05, 0) is 55.7 Å². The number of amides is 1. The standard InChI is InChI=1S/C28H27FN4O2/c1-20-30-13-15-32(20)18-21-6-2-7-22(16-21)28(34)33-14-5-8-23(19-33)26-11-4-12-27(31-26)35-25-10-3-9-24(29)17-25/h2-4,6-7,9-13,15-17,23H,5,8,14,18-19H2,1H3. The zero-order valence-corrected chi connectivity index (χ0v) is 19.6. The molecule has 0 radical (unpaired) electrons. The lowest BCUT2D eigenvalue weighted by atomic mass is 9.93. The number of rotatable bonds is 6. The van der Waals surface area contributed by atoms with Crippen LogP contribution in [0.4, 0.5) is 4.39 Å². The molecule has 0 aliphatic carbocycles. The van der Waals surface area contributed by atoms with Gasteiger partial charge in [-0.25, -0.2) is 14.4 Å². The molecular formula is C28H27FN4O2. The van der Waals surface area contributed by atoms with E-state index >= 15 is 0 Å². The fourth-order valence-corrected chi connectivity index (χ4v) is 4.52. The number of aryl methyl sites for hydroxylation is 1. The van der Waals surface area contributed by atoms with Crippen LogP contribution in [0.25, 0.3) is 0 Å². The quantitative estimate of drug-likeness (QED) is 0.369. The van der Waals surface area contributed by atoms with Crippen LogP contribution in [-0.2, 0) is 6.54 Å². The van der Waals surface area contributed by atoms with E-state index in [1.165, 1.54) is 12.1 Å². The SMILES string of the molecule is Cc1nccn1Cc1cccc(C(=O)N2CCCC(c3cccc(Oc4cccc(F)c4)n3)C2)c1. The number of halogens is 1. The van der Waals surface area contributed by atoms with Gasteiger partial charge in [0.2, 0.25) is 5.88 Å². The van der Waals surface area contributed by atoms with E-state index < -0.39 is 0 Å². The first-order valence-corrected chi connectivity index (χ1v) is 11.8. The Balaban J connectivity index is 1.28. The van der Waals surface area contributed by atoms with Crippen molar-refractivity contribution in [3.05, 3.63) is 108 Å². The van der Waals surface area contributed by atoms with Gasteiger partial charge in [-0.1, -0.05) is 24.3 Å². The number of nitrogens with zero attached hydrogens (tertiary/aromatic N) is 4. The third-order valence-corrected chi connectivity index (χ3v) is 6.34. The van der Waals surface area contributed by atoms with E-state index in [2.05, 4.69) is 14.5 Å². The molecule has 1 saturated heterocycles. The van der Waals surface area contributed by atoms with Gasteiger partial charge >= 0.3 is 0 Å². The summed E-state index contributed by atoms with van der Waals surface area (Å²) >= 11 is 0. The second-order valence-electron chi connectivity index (χ2n) is 8.85. The Bertz CT molecular complexity index is 1340. The number of hydrogen-bond acceptors (Lipinski definition) is 4. The first-order valence-electron chi connectivity index (χ1n) is 11.8. The van der Waals surface area contributed by atoms with E-state index in [1.807, 2.05) is 54.4 Å². The summed E-state index contributed by atoms with van der Waals surface area (Å²) in [4.78, 5) is 24.2. The number of benzene rings is 2. The van der Waals surface area contributed by atoms with Crippen LogP contribution in [0.3, 0.4) is 0 Å². The Labute approximate surface area is 204 Å². The third kappa shape index (κ3) is 5.40. The van der Waals surface area contributed by atoms with Crippen LogP contribution in [0.15, 0.2) is 79.1 Å². The topological polar surface area (TPSA) is 60.2 Å². The number of pyridine rings is 1. The molecule has 7 heteroatoms. The van der Waals surface area contributed by atoms with Crippen molar-refractivity contribution >= 4 is 5.91 Å². The van der Waals surface area contributed by atoms with Gasteiger partial charge in [0.25, 0.3) is 5.91 Å². The second kappa shape index (κ2) is 10.1. The van der Waals surface area contributed by atoms with Crippen molar-refractivity contribution in [1.82, 2.24) is 19.4 Å². The van der Waals surface area contributed by atoms with E-state index in [4.69, 9.17) is 4.74 Å². The van der Waals surface area contributed by atoms with Gasteiger partial charge in [-0.15, -0.1) is 0 Å². The molecule has 4 aromatic rings. The van der Waals surface area contributed by atoms with Gasteiger partial charge in [0.15, 0.2) is 0 Å². The molecule has 3 heterocycles. The molecule has 1 fully saturated rings. The molecule has 1 aliphatic heterocycles. The third-order valence-electron chi connectivity index (χ3n) is 6.34. The highest BCUT2D eigenvalue weighted by Crippen LogP contribution is 2.29. The van der Waals surface area contributed by atoms with E-state index in [0.29, 0.717) is 30.3 Å². The van der Waals surface area contributed by atoms with Gasteiger partial charge in [-0.2, -0.15) is 0 Å². The van der Waals surface area contributed by atoms with Crippen molar-refractivity contribution in [3.63, 3.8) is 0 Å². The van der Waals surface area contributed by atoms with Gasteiger partial charge in [0.05, 0.1) is 0 Å². The zero-order valence-electron chi connectivity index (χ0n) is 19.6. The molecule has 35 heavy (non-hydrogen) atoms. The van der Waals surface area contributed by atoms with Crippen LogP contribution in [-0.4, -0.2) is 38.4 Å². The van der Waals surface area contributed by atoms with E-state index in [9.17, 15) is 9.18 Å². The summed E-state index contributed by atoms with van der Waals surface area (Å²) in [5.74, 6) is 1.55. The van der Waals surface area contributed by atoms with E-state index in [1.54, 1.807) is 24.4 Å². The molecule has 1 atom stereocenters. The minimum absolute atomic E-state index is 0.0334. The minimum atomic E-state index is -0.357. The Morgan fingerprint density at radius 3 is 2.80 bits per heavy atom. The fraction of sp³-hybridized carbons (Fsp3) is 0.250. The van der Waals surface area contributed by atoms with Crippen LogP contribution in [0.2, 0.25) is 0 Å². The summed E-state index contributed by atoms with van der Waals surface area (Å²) < 4.78 is 21.3. The molecule has 6 nitrogen and oxygen atoms in total. The number of carbonyl (C=O) groups is 1. The highest BCUT2D eigenvalue weighted by Gasteiger charge is 2.26. The Hall–Kier alpha value is -4.00. The van der Waals surface area contributed by atoms with E-state index in [-0.39, 0.29) is 17.6 Å². The van der Waals surface area contributed by atoms with E-state index in [0.717, 1.165) is 36.5 Å². The predicted molar refractivity (Wildman–Crippen MR) is 131 cm³/mol. The monoisotopic (exact) mass is 470 g/mol. The molecule has 1 aliphatic rings. The molecule has 0 saturated carbocycles. The molecule has 5 rings (SSSR count). The fourth-order valence-electron chi connectivity index (χ4n) is 4.52. The number of ether oxygens (including phenoxy) is 1. The van der Waals surface area contributed by atoms with Crippen molar-refractivity contribution in [3.8, 4) is 11.6 Å². The van der Waals surface area contributed by atoms with Crippen LogP contribution in [0.5, 0.6) is 11.6 Å². The maximum atomic E-state index is 13.5. The molecule has 0 bridgehead atoms. The summed E-state index contributed by atoms with van der Waals surface area (Å²) in [5.41, 5.74) is 2.63. The molecule has 2 aromatic heterocycles. The smallest absolute Gasteiger partial charge is 0.253 e. The number of piperidine rings is 1. The number of likely N-dealkylation sites (tertiary alicyclic amines) is 1. The lowest BCUT2D eigenvalue weighted by Gasteiger charge is -2.32. The van der Waals surface area contributed by atoms with Crippen LogP contribution >= 0.6 is 0 Å². The molecular weight excluding hydrogens is 443 g/mol. The Morgan fingerprint density at radius 1 is 1.11 bits per heavy atom. The highest BCUT2D eigenvalue weighted by atomic mass is 19.1. The van der Waals surface area contributed by atoms with Crippen molar-refractivity contribution in [2.45, 2.75) is 32.2 Å². The largest absolute Gasteiger partial charge is 0.439 e. The first-order chi connectivity index (χ1) is 17.0. The maximum absolute atomic E-state index is 13.5. The zero-order chi connectivity index (χ0) is 24.2. The highest BCUT2D eigenvalue weighted by molar-refractivity contribution is 5.94. The molecule has 0 N–H and O–H groups in total. The molecule has 2 aromatic carbocycles. The summed E-state index contributed by atoms with van der Waals surface area (Å²) in [6.07, 6.45) is 5.57. The normalized spacial score (nSPS) is 15.7. The maximum Gasteiger partial charge on any atom is 0.253 e. The summed E-state index contributed by atoms with van der Waals surface area (Å²) in [6, 6.07) is 19.4. The molecule has 1 amide bonds. The van der Waals surface area contributed by atoms with Gasteiger partial charge in [-0.3, -0.25) is 4.79 Å². The van der Waals surface area contributed by atoms with Gasteiger partial charge in [0, 0.05) is 61.3 Å². The lowest BCUT2D eigenvalue weighted by Crippen LogP contribution is -2.39. The summed E-state index contributed by atoms with van der Waals surface area (Å²) in [5, 5.41) is 0. The number of carbonyl (C=O) groups excluding carboxylic acids is 1. The average Bonchev–Trinajstić information content (AvgIpc) is 3.28. The minimum Gasteiger partial charge on any atom is -0.439 e. The second-order valence-corrected chi connectivity index (χ2v) is 8.85. The Morgan fingerprint density at radius 2 is 1.97 bits per heavy atom. The number of aromatic nitrogens is 3. The van der Waals surface area contributed by atoms with Crippen molar-refractivity contribution in [2.24, 2.45) is 0 Å².